The number of hydrogen-bond donors (Lipinski definition) is 1. The molecule has 0 bridgehead atoms. The molecule has 3 nitrogen and oxygen atoms in total. The van der Waals surface area contributed by atoms with Crippen molar-refractivity contribution < 1.29 is 4.74 Å². The van der Waals surface area contributed by atoms with E-state index in [1.165, 1.54) is 19.3 Å². The Morgan fingerprint density at radius 3 is 3.00 bits per heavy atom. The molecule has 0 radical (unpaired) electrons. The summed E-state index contributed by atoms with van der Waals surface area (Å²) in [5, 5.41) is 3.32. The maximum Gasteiger partial charge on any atom is 0.127 e. The zero-order valence-corrected chi connectivity index (χ0v) is 10.8. The van der Waals surface area contributed by atoms with Crippen molar-refractivity contribution in [3.05, 3.63) is 23.5 Å². The third-order valence-corrected chi connectivity index (χ3v) is 3.13. The monoisotopic (exact) mass is 234 g/mol. The summed E-state index contributed by atoms with van der Waals surface area (Å²) < 4.78 is 5.89. The Hall–Kier alpha value is -1.09. The van der Waals surface area contributed by atoms with E-state index in [9.17, 15) is 0 Å². The van der Waals surface area contributed by atoms with Crippen LogP contribution in [0, 0.1) is 12.8 Å². The van der Waals surface area contributed by atoms with Crippen LogP contribution in [0.1, 0.15) is 37.4 Å². The minimum absolute atomic E-state index is 0.836. The largest absolute Gasteiger partial charge is 0.493 e. The normalized spacial score (nSPS) is 14.9. The number of aromatic nitrogens is 1. The van der Waals surface area contributed by atoms with E-state index in [0.717, 1.165) is 42.6 Å². The minimum Gasteiger partial charge on any atom is -0.493 e. The number of nitrogens with zero attached hydrogens (tertiary/aromatic N) is 1. The van der Waals surface area contributed by atoms with Gasteiger partial charge in [0.15, 0.2) is 0 Å². The summed E-state index contributed by atoms with van der Waals surface area (Å²) in [5.74, 6) is 1.93. The quantitative estimate of drug-likeness (QED) is 0.787. The minimum atomic E-state index is 0.836. The zero-order chi connectivity index (χ0) is 12.1. The molecule has 94 valence electrons. The third kappa shape index (κ3) is 4.00. The van der Waals surface area contributed by atoms with Crippen LogP contribution in [-0.2, 0) is 6.54 Å². The molecule has 1 aromatic heterocycles. The first kappa shape index (κ1) is 12.4. The first-order valence-corrected chi connectivity index (χ1v) is 6.58. The van der Waals surface area contributed by atoms with E-state index in [0.29, 0.717) is 0 Å². The van der Waals surface area contributed by atoms with Gasteiger partial charge in [-0.2, -0.15) is 0 Å². The summed E-state index contributed by atoms with van der Waals surface area (Å²) in [4.78, 5) is 4.33. The number of hydrogen-bond acceptors (Lipinski definition) is 3. The van der Waals surface area contributed by atoms with Crippen molar-refractivity contribution in [1.82, 2.24) is 10.3 Å². The van der Waals surface area contributed by atoms with Crippen molar-refractivity contribution in [2.45, 2.75) is 39.7 Å². The predicted molar refractivity (Wildman–Crippen MR) is 69.2 cm³/mol. The molecule has 2 rings (SSSR count). The lowest BCUT2D eigenvalue weighted by molar-refractivity contribution is 0.298. The fourth-order valence-electron chi connectivity index (χ4n) is 1.83. The second-order valence-corrected chi connectivity index (χ2v) is 4.79. The van der Waals surface area contributed by atoms with Gasteiger partial charge in [-0.3, -0.25) is 4.98 Å². The standard InChI is InChI=1S/C14H22N2O/c1-3-15-9-13-10-16-11(2)8-14(13)17-7-6-12-4-5-12/h8,10,12,15H,3-7,9H2,1-2H3. The van der Waals surface area contributed by atoms with E-state index < -0.39 is 0 Å². The van der Waals surface area contributed by atoms with Crippen LogP contribution in [0.2, 0.25) is 0 Å². The molecule has 1 N–H and O–H groups in total. The summed E-state index contributed by atoms with van der Waals surface area (Å²) in [6.07, 6.45) is 5.90. The Morgan fingerprint density at radius 2 is 2.29 bits per heavy atom. The molecule has 1 aliphatic rings. The summed E-state index contributed by atoms with van der Waals surface area (Å²) in [6, 6.07) is 2.04. The van der Waals surface area contributed by atoms with Crippen LogP contribution in [-0.4, -0.2) is 18.1 Å². The molecule has 1 heterocycles. The zero-order valence-electron chi connectivity index (χ0n) is 10.8. The van der Waals surface area contributed by atoms with Gasteiger partial charge in [-0.15, -0.1) is 0 Å². The highest BCUT2D eigenvalue weighted by molar-refractivity contribution is 5.32. The van der Waals surface area contributed by atoms with Gasteiger partial charge in [0.05, 0.1) is 6.61 Å². The number of nitrogens with one attached hydrogen (secondary N) is 1. The van der Waals surface area contributed by atoms with E-state index in [1.54, 1.807) is 0 Å². The molecular formula is C14H22N2O. The van der Waals surface area contributed by atoms with Crippen LogP contribution in [0.5, 0.6) is 5.75 Å². The summed E-state index contributed by atoms with van der Waals surface area (Å²) in [7, 11) is 0. The van der Waals surface area contributed by atoms with Crippen molar-refractivity contribution in [1.29, 1.82) is 0 Å². The van der Waals surface area contributed by atoms with Crippen LogP contribution >= 0.6 is 0 Å². The maximum absolute atomic E-state index is 5.89. The van der Waals surface area contributed by atoms with Crippen LogP contribution in [0.15, 0.2) is 12.3 Å². The van der Waals surface area contributed by atoms with Gasteiger partial charge in [-0.1, -0.05) is 19.8 Å². The highest BCUT2D eigenvalue weighted by atomic mass is 16.5. The molecular weight excluding hydrogens is 212 g/mol. The molecule has 0 spiro atoms. The molecule has 3 heteroatoms. The maximum atomic E-state index is 5.89. The smallest absolute Gasteiger partial charge is 0.127 e. The van der Waals surface area contributed by atoms with Crippen LogP contribution in [0.4, 0.5) is 0 Å². The average molecular weight is 234 g/mol. The van der Waals surface area contributed by atoms with Gasteiger partial charge in [-0.25, -0.2) is 0 Å². The molecule has 1 aromatic rings. The van der Waals surface area contributed by atoms with Gasteiger partial charge in [-0.05, 0) is 25.8 Å². The van der Waals surface area contributed by atoms with Gasteiger partial charge >= 0.3 is 0 Å². The van der Waals surface area contributed by atoms with Gasteiger partial charge in [0, 0.05) is 30.1 Å². The molecule has 17 heavy (non-hydrogen) atoms. The number of ether oxygens (including phenoxy) is 1. The average Bonchev–Trinajstić information content (AvgIpc) is 3.12. The lowest BCUT2D eigenvalue weighted by atomic mass is 10.2. The Kier molecular flexibility index (Phi) is 4.37. The van der Waals surface area contributed by atoms with Gasteiger partial charge in [0.1, 0.15) is 5.75 Å². The van der Waals surface area contributed by atoms with Crippen molar-refractivity contribution in [3.8, 4) is 5.75 Å². The van der Waals surface area contributed by atoms with Gasteiger partial charge in [0.2, 0.25) is 0 Å². The van der Waals surface area contributed by atoms with E-state index in [4.69, 9.17) is 4.74 Å². The SMILES string of the molecule is CCNCc1cnc(C)cc1OCCC1CC1. The lowest BCUT2D eigenvalue weighted by Crippen LogP contribution is -2.13. The summed E-state index contributed by atoms with van der Waals surface area (Å²) in [5.41, 5.74) is 2.18. The fraction of sp³-hybridized carbons (Fsp3) is 0.643. The summed E-state index contributed by atoms with van der Waals surface area (Å²) in [6.45, 7) is 6.76. The van der Waals surface area contributed by atoms with E-state index in [1.807, 2.05) is 19.2 Å². The van der Waals surface area contributed by atoms with Crippen molar-refractivity contribution in [2.75, 3.05) is 13.2 Å². The third-order valence-electron chi connectivity index (χ3n) is 3.13. The second kappa shape index (κ2) is 6.01. The topological polar surface area (TPSA) is 34.2 Å². The number of aryl methyl sites for hydroxylation is 1. The van der Waals surface area contributed by atoms with E-state index >= 15 is 0 Å². The Bertz CT molecular complexity index is 361. The highest BCUT2D eigenvalue weighted by Gasteiger charge is 2.20. The highest BCUT2D eigenvalue weighted by Crippen LogP contribution is 2.32. The Labute approximate surface area is 104 Å². The van der Waals surface area contributed by atoms with Gasteiger partial charge < -0.3 is 10.1 Å². The Morgan fingerprint density at radius 1 is 1.47 bits per heavy atom. The molecule has 0 aromatic carbocycles. The van der Waals surface area contributed by atoms with Crippen LogP contribution < -0.4 is 10.1 Å². The molecule has 1 fully saturated rings. The molecule has 0 saturated heterocycles. The van der Waals surface area contributed by atoms with Crippen molar-refractivity contribution >= 4 is 0 Å². The van der Waals surface area contributed by atoms with Crippen molar-refractivity contribution in [3.63, 3.8) is 0 Å². The van der Waals surface area contributed by atoms with Crippen LogP contribution in [0.3, 0.4) is 0 Å². The molecule has 0 atom stereocenters. The first-order valence-electron chi connectivity index (χ1n) is 6.58. The first-order chi connectivity index (χ1) is 8.29. The predicted octanol–water partition coefficient (Wildman–Crippen LogP) is 2.68. The second-order valence-electron chi connectivity index (χ2n) is 4.79. The van der Waals surface area contributed by atoms with Crippen molar-refractivity contribution in [2.24, 2.45) is 5.92 Å². The van der Waals surface area contributed by atoms with Gasteiger partial charge in [0.25, 0.3) is 0 Å². The molecule has 0 unspecified atom stereocenters. The lowest BCUT2D eigenvalue weighted by Gasteiger charge is -2.12. The molecule has 0 aliphatic heterocycles. The Balaban J connectivity index is 1.92. The van der Waals surface area contributed by atoms with E-state index in [2.05, 4.69) is 17.2 Å². The fourth-order valence-corrected chi connectivity index (χ4v) is 1.83. The number of pyridine rings is 1. The molecule has 1 saturated carbocycles. The van der Waals surface area contributed by atoms with E-state index in [-0.39, 0.29) is 0 Å². The molecule has 0 amide bonds. The summed E-state index contributed by atoms with van der Waals surface area (Å²) >= 11 is 0. The number of rotatable bonds is 7. The molecule has 1 aliphatic carbocycles. The van der Waals surface area contributed by atoms with Crippen LogP contribution in [0.25, 0.3) is 0 Å².